The second kappa shape index (κ2) is 8.66. The summed E-state index contributed by atoms with van der Waals surface area (Å²) in [5.41, 5.74) is 5.92. The number of hydrogen-bond donors (Lipinski definition) is 8. The number of likely N-dealkylation sites (N-methyl/N-ethyl adjacent to an activating group) is 1. The van der Waals surface area contributed by atoms with E-state index in [1.807, 2.05) is 0 Å². The van der Waals surface area contributed by atoms with Gasteiger partial charge in [-0.2, -0.15) is 0 Å². The standard InChI is InChI=1S/C24H28N4O9/c1-7-8-4-5-9(27-10(29)6-25)17(30)12(8)18(31)13-11(7)19(32)15-16(28(2)3)20(33)14(23(26)36)22(35)24(15,37)21(13)34/h4-5,7,11,15-16,19,30,32-34,37H,6,25H2,1-3H3,(H2,26,36)(H,27,29)/t7?,11?,15?,16-,19?,24?/m0/s1. The molecule has 0 aliphatic heterocycles. The molecule has 3 aliphatic carbocycles. The molecule has 5 unspecified atom stereocenters. The predicted molar refractivity (Wildman–Crippen MR) is 127 cm³/mol. The lowest BCUT2D eigenvalue weighted by Crippen LogP contribution is -2.68. The van der Waals surface area contributed by atoms with Crippen LogP contribution >= 0.6 is 0 Å². The van der Waals surface area contributed by atoms with Crippen LogP contribution in [-0.4, -0.2) is 92.2 Å². The van der Waals surface area contributed by atoms with Crippen molar-refractivity contribution in [1.82, 2.24) is 4.90 Å². The third-order valence-electron chi connectivity index (χ3n) is 7.59. The second-order valence-corrected chi connectivity index (χ2v) is 9.73. The van der Waals surface area contributed by atoms with Gasteiger partial charge in [0.05, 0.1) is 35.9 Å². The van der Waals surface area contributed by atoms with Gasteiger partial charge in [0.25, 0.3) is 5.91 Å². The minimum Gasteiger partial charge on any atom is -0.510 e. The monoisotopic (exact) mass is 516 g/mol. The van der Waals surface area contributed by atoms with Crippen LogP contribution in [0.25, 0.3) is 0 Å². The van der Waals surface area contributed by atoms with E-state index in [2.05, 4.69) is 5.32 Å². The van der Waals surface area contributed by atoms with Crippen molar-refractivity contribution in [3.63, 3.8) is 0 Å². The number of nitrogens with one attached hydrogen (secondary N) is 1. The van der Waals surface area contributed by atoms with Gasteiger partial charge in [-0.25, -0.2) is 0 Å². The Morgan fingerprint density at radius 2 is 1.78 bits per heavy atom. The van der Waals surface area contributed by atoms with Gasteiger partial charge in [-0.05, 0) is 31.6 Å². The third-order valence-corrected chi connectivity index (χ3v) is 7.59. The van der Waals surface area contributed by atoms with Crippen molar-refractivity contribution in [3.05, 3.63) is 45.9 Å². The van der Waals surface area contributed by atoms with Gasteiger partial charge in [-0.3, -0.25) is 24.1 Å². The summed E-state index contributed by atoms with van der Waals surface area (Å²) in [4.78, 5) is 52.2. The fourth-order valence-corrected chi connectivity index (χ4v) is 5.92. The Kier molecular flexibility index (Phi) is 6.15. The van der Waals surface area contributed by atoms with Gasteiger partial charge in [0.2, 0.25) is 11.7 Å². The molecule has 0 spiro atoms. The van der Waals surface area contributed by atoms with E-state index in [9.17, 15) is 44.7 Å². The van der Waals surface area contributed by atoms with Crippen LogP contribution in [0.4, 0.5) is 5.69 Å². The number of nitrogens with two attached hydrogens (primary N) is 2. The fraction of sp³-hybridized carbons (Fsp3) is 0.417. The number of carbonyl (C=O) groups excluding carboxylic acids is 4. The van der Waals surface area contributed by atoms with Crippen molar-refractivity contribution in [3.8, 4) is 5.75 Å². The molecule has 4 rings (SSSR count). The van der Waals surface area contributed by atoms with Crippen molar-refractivity contribution in [2.75, 3.05) is 26.0 Å². The highest BCUT2D eigenvalue weighted by atomic mass is 16.4. The summed E-state index contributed by atoms with van der Waals surface area (Å²) in [7, 11) is 2.91. The minimum absolute atomic E-state index is 0.133. The molecule has 10 N–H and O–H groups in total. The van der Waals surface area contributed by atoms with Crippen molar-refractivity contribution in [1.29, 1.82) is 0 Å². The smallest absolute Gasteiger partial charge is 0.255 e. The summed E-state index contributed by atoms with van der Waals surface area (Å²) < 4.78 is 0. The van der Waals surface area contributed by atoms with Gasteiger partial charge in [0.15, 0.2) is 17.1 Å². The summed E-state index contributed by atoms with van der Waals surface area (Å²) in [6.45, 7) is 1.21. The number of anilines is 1. The number of carbonyl (C=O) groups is 4. The number of aliphatic hydroxyl groups excluding tert-OH is 3. The van der Waals surface area contributed by atoms with E-state index < -0.39 is 93.8 Å². The second-order valence-electron chi connectivity index (χ2n) is 9.73. The molecule has 0 bridgehead atoms. The third kappa shape index (κ3) is 3.39. The van der Waals surface area contributed by atoms with E-state index in [0.29, 0.717) is 0 Å². The zero-order valence-electron chi connectivity index (χ0n) is 20.2. The number of amides is 2. The van der Waals surface area contributed by atoms with Crippen LogP contribution in [0, 0.1) is 11.8 Å². The molecule has 6 atom stereocenters. The fourth-order valence-electron chi connectivity index (χ4n) is 5.92. The Balaban J connectivity index is 2.00. The number of phenolic OH excluding ortho intramolecular Hbond substituents is 1. The molecule has 0 radical (unpaired) electrons. The molecule has 0 aromatic heterocycles. The SMILES string of the molecule is CC1c2ccc(NC(=O)CN)c(O)c2C(=O)C2=C(O)C3(O)C(=O)C(C(N)=O)=C(O)[C@@H](N(C)C)C3C(O)C21. The lowest BCUT2D eigenvalue weighted by Gasteiger charge is -2.53. The van der Waals surface area contributed by atoms with Crippen molar-refractivity contribution >= 4 is 29.1 Å². The number of aromatic hydroxyl groups is 1. The zero-order valence-corrected chi connectivity index (χ0v) is 20.2. The number of fused-ring (bicyclic) bond motifs is 3. The molecular formula is C24H28N4O9. The average Bonchev–Trinajstić information content (AvgIpc) is 2.82. The lowest BCUT2D eigenvalue weighted by atomic mass is 9.55. The van der Waals surface area contributed by atoms with Gasteiger partial charge in [-0.1, -0.05) is 13.0 Å². The Morgan fingerprint density at radius 1 is 1.16 bits per heavy atom. The van der Waals surface area contributed by atoms with Gasteiger partial charge in [-0.15, -0.1) is 0 Å². The van der Waals surface area contributed by atoms with Gasteiger partial charge < -0.3 is 42.3 Å². The maximum Gasteiger partial charge on any atom is 0.255 e. The molecule has 0 heterocycles. The zero-order chi connectivity index (χ0) is 27.7. The van der Waals surface area contributed by atoms with Gasteiger partial charge in [0.1, 0.15) is 17.1 Å². The summed E-state index contributed by atoms with van der Waals surface area (Å²) >= 11 is 0. The summed E-state index contributed by atoms with van der Waals surface area (Å²) in [5.74, 6) is -10.5. The van der Waals surface area contributed by atoms with Crippen LogP contribution in [0.3, 0.4) is 0 Å². The van der Waals surface area contributed by atoms with E-state index in [4.69, 9.17) is 11.5 Å². The normalized spacial score (nSPS) is 31.2. The summed E-state index contributed by atoms with van der Waals surface area (Å²) in [6.07, 6.45) is -1.69. The van der Waals surface area contributed by atoms with Gasteiger partial charge >= 0.3 is 0 Å². The number of phenols is 1. The van der Waals surface area contributed by atoms with Crippen molar-refractivity contribution in [2.24, 2.45) is 23.3 Å². The Bertz CT molecular complexity index is 1320. The number of primary amides is 1. The number of hydrogen-bond acceptors (Lipinski definition) is 11. The van der Waals surface area contributed by atoms with Crippen LogP contribution < -0.4 is 16.8 Å². The van der Waals surface area contributed by atoms with E-state index >= 15 is 0 Å². The molecule has 13 nitrogen and oxygen atoms in total. The van der Waals surface area contributed by atoms with Crippen LogP contribution in [0.15, 0.2) is 34.8 Å². The van der Waals surface area contributed by atoms with E-state index in [1.165, 1.54) is 31.1 Å². The predicted octanol–water partition coefficient (Wildman–Crippen LogP) is -1.45. The topological polar surface area (TPSA) is 237 Å². The number of rotatable bonds is 4. The Hall–Kier alpha value is -3.78. The Labute approximate surface area is 210 Å². The number of ketones is 2. The van der Waals surface area contributed by atoms with E-state index in [1.54, 1.807) is 6.92 Å². The highest BCUT2D eigenvalue weighted by Gasteiger charge is 2.67. The first kappa shape index (κ1) is 26.3. The maximum atomic E-state index is 13.7. The van der Waals surface area contributed by atoms with E-state index in [0.717, 1.165) is 0 Å². The first-order valence-electron chi connectivity index (χ1n) is 11.4. The van der Waals surface area contributed by atoms with Crippen LogP contribution in [0.1, 0.15) is 28.8 Å². The molecule has 1 aromatic carbocycles. The van der Waals surface area contributed by atoms with Crippen LogP contribution in [-0.2, 0) is 14.4 Å². The first-order valence-corrected chi connectivity index (χ1v) is 11.4. The highest BCUT2D eigenvalue weighted by Crippen LogP contribution is 2.55. The number of Topliss-reactive ketones (excluding diaryl/α,β-unsaturated/α-hetero) is 2. The average molecular weight is 517 g/mol. The van der Waals surface area contributed by atoms with Gasteiger partial charge in [0, 0.05) is 11.5 Å². The molecule has 2 amide bonds. The largest absolute Gasteiger partial charge is 0.510 e. The molecular weight excluding hydrogens is 488 g/mol. The number of benzene rings is 1. The van der Waals surface area contributed by atoms with Crippen LogP contribution in [0.2, 0.25) is 0 Å². The molecule has 37 heavy (non-hydrogen) atoms. The number of nitrogens with zero attached hydrogens (tertiary/aromatic N) is 1. The molecule has 0 fully saturated rings. The molecule has 3 aliphatic rings. The summed E-state index contributed by atoms with van der Waals surface area (Å²) in [5, 5.41) is 58.5. The van der Waals surface area contributed by atoms with E-state index in [-0.39, 0.29) is 16.8 Å². The molecule has 0 saturated carbocycles. The number of aliphatic hydroxyl groups is 4. The minimum atomic E-state index is -3.00. The highest BCUT2D eigenvalue weighted by molar-refractivity contribution is 6.25. The molecule has 198 valence electrons. The first-order chi connectivity index (χ1) is 17.2. The van der Waals surface area contributed by atoms with Crippen molar-refractivity contribution < 1.29 is 44.7 Å². The Morgan fingerprint density at radius 3 is 2.32 bits per heavy atom. The summed E-state index contributed by atoms with van der Waals surface area (Å²) in [6, 6.07) is 1.48. The molecule has 1 aromatic rings. The quantitative estimate of drug-likeness (QED) is 0.170. The van der Waals surface area contributed by atoms with Crippen LogP contribution in [0.5, 0.6) is 5.75 Å². The lowest BCUT2D eigenvalue weighted by molar-refractivity contribution is -0.162. The molecule has 0 saturated heterocycles. The molecule has 13 heteroatoms. The van der Waals surface area contributed by atoms with Crippen molar-refractivity contribution in [2.45, 2.75) is 30.6 Å². The maximum absolute atomic E-state index is 13.7.